The molecule has 2 aliphatic rings. The van der Waals surface area contributed by atoms with E-state index in [2.05, 4.69) is 5.32 Å². The molecule has 0 saturated carbocycles. The normalized spacial score (nSPS) is 27.9. The summed E-state index contributed by atoms with van der Waals surface area (Å²) in [5, 5.41) is 3.28. The van der Waals surface area contributed by atoms with Crippen LogP contribution in [0, 0.1) is 0 Å². The Morgan fingerprint density at radius 3 is 2.94 bits per heavy atom. The lowest BCUT2D eigenvalue weighted by atomic mass is 10.1. The van der Waals surface area contributed by atoms with E-state index in [0.717, 1.165) is 18.7 Å². The molecule has 0 spiro atoms. The molecular weight excluding hydrogens is 216 g/mol. The molecule has 1 amide bonds. The molecule has 1 unspecified atom stereocenters. The second-order valence-corrected chi connectivity index (χ2v) is 4.50. The molecule has 90 valence electrons. The van der Waals surface area contributed by atoms with Gasteiger partial charge in [0.25, 0.3) is 5.91 Å². The zero-order valence-corrected chi connectivity index (χ0v) is 9.63. The number of ether oxygens (including phenoxy) is 1. The van der Waals surface area contributed by atoms with Gasteiger partial charge < -0.3 is 15.0 Å². The van der Waals surface area contributed by atoms with Crippen LogP contribution in [0.4, 0.5) is 0 Å². The zero-order valence-electron chi connectivity index (χ0n) is 9.63. The Balaban J connectivity index is 1.81. The number of hydrogen-bond acceptors (Lipinski definition) is 3. The summed E-state index contributed by atoms with van der Waals surface area (Å²) >= 11 is 0. The van der Waals surface area contributed by atoms with Crippen molar-refractivity contribution in [3.8, 4) is 0 Å². The molecule has 4 nitrogen and oxygen atoms in total. The number of morpholine rings is 1. The molecule has 1 aromatic carbocycles. The summed E-state index contributed by atoms with van der Waals surface area (Å²) in [7, 11) is 0. The largest absolute Gasteiger partial charge is 0.373 e. The molecule has 1 N–H and O–H groups in total. The maximum atomic E-state index is 12.4. The van der Waals surface area contributed by atoms with E-state index < -0.39 is 0 Å². The van der Waals surface area contributed by atoms with E-state index in [1.807, 2.05) is 35.2 Å². The molecule has 2 fully saturated rings. The number of rotatable bonds is 1. The molecule has 2 aliphatic heterocycles. The van der Waals surface area contributed by atoms with Gasteiger partial charge in [-0.15, -0.1) is 0 Å². The van der Waals surface area contributed by atoms with E-state index in [9.17, 15) is 4.79 Å². The number of carbonyl (C=O) groups excluding carboxylic acids is 1. The van der Waals surface area contributed by atoms with E-state index in [1.54, 1.807) is 0 Å². The molecule has 0 aliphatic carbocycles. The summed E-state index contributed by atoms with van der Waals surface area (Å²) in [6.07, 6.45) is 0.163. The predicted molar refractivity (Wildman–Crippen MR) is 63.9 cm³/mol. The van der Waals surface area contributed by atoms with Gasteiger partial charge in [-0.2, -0.15) is 0 Å². The van der Waals surface area contributed by atoms with Crippen molar-refractivity contribution in [3.63, 3.8) is 0 Å². The van der Waals surface area contributed by atoms with Crippen molar-refractivity contribution in [1.82, 2.24) is 10.2 Å². The Morgan fingerprint density at radius 1 is 1.29 bits per heavy atom. The fourth-order valence-electron chi connectivity index (χ4n) is 2.59. The fourth-order valence-corrected chi connectivity index (χ4v) is 2.59. The second kappa shape index (κ2) is 4.47. The van der Waals surface area contributed by atoms with Crippen molar-refractivity contribution in [1.29, 1.82) is 0 Å². The molecule has 3 rings (SSSR count). The SMILES string of the molecule is O=C(c1ccccc1)N1CCOC2CNC[C@H]21. The number of hydrogen-bond donors (Lipinski definition) is 1. The lowest BCUT2D eigenvalue weighted by Gasteiger charge is -2.37. The standard InChI is InChI=1S/C13H16N2O2/c16-13(10-4-2-1-3-5-10)15-6-7-17-12-9-14-8-11(12)15/h1-5,11-12,14H,6-9H2/t11-,12?/m1/s1. The van der Waals surface area contributed by atoms with Crippen molar-refractivity contribution < 1.29 is 9.53 Å². The summed E-state index contributed by atoms with van der Waals surface area (Å²) in [6, 6.07) is 9.66. The van der Waals surface area contributed by atoms with Crippen LogP contribution < -0.4 is 5.32 Å². The molecule has 17 heavy (non-hydrogen) atoms. The molecular formula is C13H16N2O2. The van der Waals surface area contributed by atoms with Gasteiger partial charge in [0.15, 0.2) is 0 Å². The lowest BCUT2D eigenvalue weighted by Crippen LogP contribution is -2.53. The summed E-state index contributed by atoms with van der Waals surface area (Å²) in [6.45, 7) is 3.02. The van der Waals surface area contributed by atoms with Crippen molar-refractivity contribution in [2.24, 2.45) is 0 Å². The van der Waals surface area contributed by atoms with Crippen LogP contribution in [-0.4, -0.2) is 49.2 Å². The van der Waals surface area contributed by atoms with Gasteiger partial charge in [-0.25, -0.2) is 0 Å². The van der Waals surface area contributed by atoms with Crippen LogP contribution in [0.3, 0.4) is 0 Å². The quantitative estimate of drug-likeness (QED) is 0.766. The first-order valence-electron chi connectivity index (χ1n) is 6.04. The smallest absolute Gasteiger partial charge is 0.254 e. The van der Waals surface area contributed by atoms with Crippen LogP contribution in [0.2, 0.25) is 0 Å². The predicted octanol–water partition coefficient (Wildman–Crippen LogP) is 0.499. The van der Waals surface area contributed by atoms with Crippen molar-refractivity contribution in [2.75, 3.05) is 26.2 Å². The Bertz CT molecular complexity index is 407. The van der Waals surface area contributed by atoms with Gasteiger partial charge in [-0.05, 0) is 12.1 Å². The number of nitrogens with one attached hydrogen (secondary N) is 1. The molecule has 2 atom stereocenters. The highest BCUT2D eigenvalue weighted by atomic mass is 16.5. The van der Waals surface area contributed by atoms with Gasteiger partial charge in [0.1, 0.15) is 0 Å². The molecule has 1 aromatic rings. The number of fused-ring (bicyclic) bond motifs is 1. The van der Waals surface area contributed by atoms with E-state index in [4.69, 9.17) is 4.74 Å². The minimum absolute atomic E-state index is 0.118. The number of nitrogens with zero attached hydrogens (tertiary/aromatic N) is 1. The summed E-state index contributed by atoms with van der Waals surface area (Å²) < 4.78 is 5.66. The van der Waals surface area contributed by atoms with Crippen molar-refractivity contribution >= 4 is 5.91 Å². The summed E-state index contributed by atoms with van der Waals surface area (Å²) in [5.74, 6) is 0.118. The Hall–Kier alpha value is -1.39. The molecule has 2 saturated heterocycles. The highest BCUT2D eigenvalue weighted by Crippen LogP contribution is 2.19. The molecule has 4 heteroatoms. The van der Waals surface area contributed by atoms with E-state index in [-0.39, 0.29) is 18.1 Å². The fraction of sp³-hybridized carbons (Fsp3) is 0.462. The van der Waals surface area contributed by atoms with E-state index >= 15 is 0 Å². The van der Waals surface area contributed by atoms with E-state index in [1.165, 1.54) is 0 Å². The zero-order chi connectivity index (χ0) is 11.7. The summed E-state index contributed by atoms with van der Waals surface area (Å²) in [5.41, 5.74) is 0.764. The Morgan fingerprint density at radius 2 is 2.12 bits per heavy atom. The van der Waals surface area contributed by atoms with Crippen LogP contribution >= 0.6 is 0 Å². The van der Waals surface area contributed by atoms with Gasteiger partial charge in [-0.1, -0.05) is 18.2 Å². The van der Waals surface area contributed by atoms with Gasteiger partial charge in [0, 0.05) is 25.2 Å². The third kappa shape index (κ3) is 1.94. The van der Waals surface area contributed by atoms with Crippen LogP contribution in [0.15, 0.2) is 30.3 Å². The second-order valence-electron chi connectivity index (χ2n) is 4.50. The van der Waals surface area contributed by atoms with Crippen molar-refractivity contribution in [3.05, 3.63) is 35.9 Å². The first-order chi connectivity index (χ1) is 8.36. The van der Waals surface area contributed by atoms with Crippen LogP contribution in [0.1, 0.15) is 10.4 Å². The number of benzene rings is 1. The summed E-state index contributed by atoms with van der Waals surface area (Å²) in [4.78, 5) is 14.3. The number of amides is 1. The average Bonchev–Trinajstić information content (AvgIpc) is 2.87. The maximum Gasteiger partial charge on any atom is 0.254 e. The third-order valence-electron chi connectivity index (χ3n) is 3.47. The highest BCUT2D eigenvalue weighted by molar-refractivity contribution is 5.94. The average molecular weight is 232 g/mol. The van der Waals surface area contributed by atoms with Crippen LogP contribution in [0.5, 0.6) is 0 Å². The van der Waals surface area contributed by atoms with Gasteiger partial charge in [0.05, 0.1) is 18.8 Å². The highest BCUT2D eigenvalue weighted by Gasteiger charge is 2.38. The van der Waals surface area contributed by atoms with Crippen molar-refractivity contribution in [2.45, 2.75) is 12.1 Å². The van der Waals surface area contributed by atoms with Gasteiger partial charge >= 0.3 is 0 Å². The minimum atomic E-state index is 0.118. The first-order valence-corrected chi connectivity index (χ1v) is 6.04. The van der Waals surface area contributed by atoms with Gasteiger partial charge in [-0.3, -0.25) is 4.79 Å². The topological polar surface area (TPSA) is 41.6 Å². The van der Waals surface area contributed by atoms with E-state index in [0.29, 0.717) is 13.2 Å². The monoisotopic (exact) mass is 232 g/mol. The first kappa shape index (κ1) is 10.7. The van der Waals surface area contributed by atoms with Gasteiger partial charge in [0.2, 0.25) is 0 Å². The Kier molecular flexibility index (Phi) is 2.82. The minimum Gasteiger partial charge on any atom is -0.373 e. The molecule has 0 radical (unpaired) electrons. The Labute approximate surface area is 101 Å². The van der Waals surface area contributed by atoms with Crippen LogP contribution in [-0.2, 0) is 4.74 Å². The number of carbonyl (C=O) groups is 1. The van der Waals surface area contributed by atoms with Crippen LogP contribution in [0.25, 0.3) is 0 Å². The molecule has 0 bridgehead atoms. The molecule has 0 aromatic heterocycles. The lowest BCUT2D eigenvalue weighted by molar-refractivity contribution is -0.0364. The molecule has 2 heterocycles. The third-order valence-corrected chi connectivity index (χ3v) is 3.47. The maximum absolute atomic E-state index is 12.4.